The van der Waals surface area contributed by atoms with Crippen LogP contribution in [0.25, 0.3) is 0 Å². The molecule has 0 heterocycles. The number of imide groups is 1. The van der Waals surface area contributed by atoms with Gasteiger partial charge in [0.05, 0.1) is 17.5 Å². The van der Waals surface area contributed by atoms with E-state index >= 15 is 0 Å². The lowest BCUT2D eigenvalue weighted by molar-refractivity contribution is -0.172. The summed E-state index contributed by atoms with van der Waals surface area (Å²) in [4.78, 5) is 22.8. The van der Waals surface area contributed by atoms with Crippen molar-refractivity contribution in [2.75, 3.05) is 6.26 Å². The molecule has 0 aliphatic heterocycles. The molecule has 176 valence electrons. The predicted octanol–water partition coefficient (Wildman–Crippen LogP) is 3.76. The van der Waals surface area contributed by atoms with Crippen LogP contribution in [0.4, 0.5) is 0 Å². The molecule has 0 aromatic heterocycles. The van der Waals surface area contributed by atoms with Gasteiger partial charge in [-0.3, -0.25) is 14.9 Å². The normalized spacial score (nSPS) is 47.6. The summed E-state index contributed by atoms with van der Waals surface area (Å²) in [5.41, 5.74) is 0.503. The molecule has 8 unspecified atom stereocenters. The molecule has 0 saturated heterocycles. The van der Waals surface area contributed by atoms with Crippen LogP contribution in [0.5, 0.6) is 0 Å². The quantitative estimate of drug-likeness (QED) is 0.535. The zero-order valence-electron chi connectivity index (χ0n) is 19.4. The summed E-state index contributed by atoms with van der Waals surface area (Å²) in [5.74, 6) is 2.38. The number of fused-ring (bicyclic) bond motifs is 5. The summed E-state index contributed by atoms with van der Waals surface area (Å²) >= 11 is 1.53. The van der Waals surface area contributed by atoms with Crippen LogP contribution >= 0.6 is 11.8 Å². The first-order chi connectivity index (χ1) is 14.7. The van der Waals surface area contributed by atoms with Crippen molar-refractivity contribution in [1.82, 2.24) is 5.32 Å². The van der Waals surface area contributed by atoms with Crippen LogP contribution in [0.1, 0.15) is 78.1 Å². The van der Waals surface area contributed by atoms with Crippen LogP contribution in [0.3, 0.4) is 0 Å². The molecule has 6 heteroatoms. The Morgan fingerprint density at radius 1 is 1.10 bits per heavy atom. The first-order valence-corrected chi connectivity index (χ1v) is 13.7. The van der Waals surface area contributed by atoms with Crippen molar-refractivity contribution in [2.45, 2.75) is 95.5 Å². The summed E-state index contributed by atoms with van der Waals surface area (Å²) in [6, 6.07) is 0. The Labute approximate surface area is 191 Å². The Bertz CT molecular complexity index is 688. The highest BCUT2D eigenvalue weighted by Crippen LogP contribution is 2.67. The minimum atomic E-state index is -0.242. The van der Waals surface area contributed by atoms with E-state index in [0.29, 0.717) is 36.0 Å². The number of aliphatic hydroxyl groups is 2. The van der Waals surface area contributed by atoms with E-state index in [-0.39, 0.29) is 34.2 Å². The molecule has 0 spiro atoms. The zero-order chi connectivity index (χ0) is 22.4. The van der Waals surface area contributed by atoms with Crippen molar-refractivity contribution in [2.24, 2.45) is 40.4 Å². The molecule has 4 aliphatic carbocycles. The molecule has 0 radical (unpaired) electrons. The molecule has 0 aromatic carbocycles. The van der Waals surface area contributed by atoms with E-state index < -0.39 is 0 Å². The number of aliphatic hydroxyl groups excluding tert-OH is 2. The van der Waals surface area contributed by atoms with Crippen molar-refractivity contribution in [3.8, 4) is 0 Å². The van der Waals surface area contributed by atoms with Gasteiger partial charge in [0, 0.05) is 0 Å². The highest BCUT2D eigenvalue weighted by molar-refractivity contribution is 7.99. The average Bonchev–Trinajstić information content (AvgIpc) is 3.06. The van der Waals surface area contributed by atoms with E-state index in [2.05, 4.69) is 19.2 Å². The van der Waals surface area contributed by atoms with Gasteiger partial charge in [-0.1, -0.05) is 13.8 Å². The van der Waals surface area contributed by atoms with Crippen molar-refractivity contribution < 1.29 is 19.8 Å². The Hall–Kier alpha value is -0.590. The van der Waals surface area contributed by atoms with E-state index in [4.69, 9.17) is 0 Å². The number of hydrogen-bond acceptors (Lipinski definition) is 5. The van der Waals surface area contributed by atoms with E-state index in [0.717, 1.165) is 38.5 Å². The van der Waals surface area contributed by atoms with Gasteiger partial charge in [-0.2, -0.15) is 11.8 Å². The van der Waals surface area contributed by atoms with Crippen LogP contribution in [-0.4, -0.2) is 46.2 Å². The maximum Gasteiger partial charge on any atom is 0.239 e. The third kappa shape index (κ3) is 3.99. The molecule has 0 aromatic rings. The van der Waals surface area contributed by atoms with Gasteiger partial charge in [-0.25, -0.2) is 0 Å². The third-order valence-corrected chi connectivity index (χ3v) is 11.4. The van der Waals surface area contributed by atoms with Crippen molar-refractivity contribution >= 4 is 24.1 Å². The van der Waals surface area contributed by atoms with E-state index in [1.807, 2.05) is 6.26 Å². The number of carbonyl (C=O) groups is 2. The van der Waals surface area contributed by atoms with Gasteiger partial charge in [0.25, 0.3) is 0 Å². The van der Waals surface area contributed by atoms with Gasteiger partial charge in [0.15, 0.2) is 0 Å². The van der Waals surface area contributed by atoms with E-state index in [1.165, 1.54) is 37.4 Å². The Morgan fingerprint density at radius 2 is 1.81 bits per heavy atom. The second kappa shape index (κ2) is 8.98. The fraction of sp³-hybridized carbons (Fsp3) is 0.920. The highest BCUT2D eigenvalue weighted by Gasteiger charge is 2.62. The number of hydrogen-bond donors (Lipinski definition) is 3. The number of nitrogens with one attached hydrogen (secondary N) is 1. The molecular weight excluding hydrogens is 410 g/mol. The molecule has 3 N–H and O–H groups in total. The predicted molar refractivity (Wildman–Crippen MR) is 123 cm³/mol. The molecule has 2 amide bonds. The van der Waals surface area contributed by atoms with Crippen molar-refractivity contribution in [3.05, 3.63) is 0 Å². The first-order valence-electron chi connectivity index (χ1n) is 12.4. The van der Waals surface area contributed by atoms with Gasteiger partial charge in [0.2, 0.25) is 12.3 Å². The average molecular weight is 452 g/mol. The van der Waals surface area contributed by atoms with Crippen LogP contribution in [0, 0.1) is 40.4 Å². The summed E-state index contributed by atoms with van der Waals surface area (Å²) < 4.78 is 0. The van der Waals surface area contributed by atoms with E-state index in [9.17, 15) is 19.8 Å². The fourth-order valence-corrected chi connectivity index (χ4v) is 9.30. The number of rotatable bonds is 6. The molecule has 4 aliphatic rings. The van der Waals surface area contributed by atoms with Gasteiger partial charge in [-0.05, 0) is 111 Å². The molecule has 0 bridgehead atoms. The summed E-state index contributed by atoms with van der Waals surface area (Å²) in [7, 11) is 0. The monoisotopic (exact) mass is 451 g/mol. The number of carbonyl (C=O) groups excluding carboxylic acids is 2. The molecule has 4 saturated carbocycles. The lowest BCUT2D eigenvalue weighted by Gasteiger charge is -2.62. The van der Waals surface area contributed by atoms with Crippen LogP contribution in [-0.2, 0) is 9.59 Å². The molecule has 5 nitrogen and oxygen atoms in total. The van der Waals surface area contributed by atoms with Gasteiger partial charge >= 0.3 is 0 Å². The maximum atomic E-state index is 12.2. The molecule has 4 fully saturated rings. The summed E-state index contributed by atoms with van der Waals surface area (Å²) in [5, 5.41) is 23.7. The second-order valence-corrected chi connectivity index (χ2v) is 12.5. The Balaban J connectivity index is 1.48. The Kier molecular flexibility index (Phi) is 6.83. The van der Waals surface area contributed by atoms with Crippen LogP contribution < -0.4 is 5.32 Å². The maximum absolute atomic E-state index is 12.2. The lowest BCUT2D eigenvalue weighted by atomic mass is 9.44. The van der Waals surface area contributed by atoms with Gasteiger partial charge < -0.3 is 10.2 Å². The standard InChI is InChI=1S/C25H41NO4S/c1-24-11-9-19-22(20(29)13-16-12-17(28)8-10-25(16,19)2)18(24)6-4-15(24)5-7-21(31-3)23(30)26-14-27/h14-22,28-29H,4-13H2,1-3H3,(H,26,27,30)/t15?,16?,17-,18?,19?,20-,21?,22?,24?,25?/m1/s1. The zero-order valence-corrected chi connectivity index (χ0v) is 20.2. The Morgan fingerprint density at radius 3 is 2.52 bits per heavy atom. The summed E-state index contributed by atoms with van der Waals surface area (Å²) in [6.07, 6.45) is 12.3. The number of thioether (sulfide) groups is 1. The minimum absolute atomic E-state index is 0.169. The van der Waals surface area contributed by atoms with Gasteiger partial charge in [0.1, 0.15) is 0 Å². The largest absolute Gasteiger partial charge is 0.393 e. The molecule has 4 rings (SSSR count). The smallest absolute Gasteiger partial charge is 0.239 e. The van der Waals surface area contributed by atoms with Crippen LogP contribution in [0.2, 0.25) is 0 Å². The molecule has 31 heavy (non-hydrogen) atoms. The van der Waals surface area contributed by atoms with Crippen molar-refractivity contribution in [1.29, 1.82) is 0 Å². The third-order valence-electron chi connectivity index (χ3n) is 10.4. The number of amides is 2. The lowest BCUT2D eigenvalue weighted by Crippen LogP contribution is -2.58. The highest BCUT2D eigenvalue weighted by atomic mass is 32.2. The van der Waals surface area contributed by atoms with Gasteiger partial charge in [-0.15, -0.1) is 0 Å². The minimum Gasteiger partial charge on any atom is -0.393 e. The molecule has 10 atom stereocenters. The SMILES string of the molecule is CSC(CCC1CCC2C3C(CCC12C)C1(C)CC[C@@H](O)CC1C[C@H]3O)C(=O)NC=O. The van der Waals surface area contributed by atoms with E-state index in [1.54, 1.807) is 0 Å². The fourth-order valence-electron chi connectivity index (χ4n) is 8.64. The van der Waals surface area contributed by atoms with Crippen molar-refractivity contribution in [3.63, 3.8) is 0 Å². The molecular formula is C25H41NO4S. The summed E-state index contributed by atoms with van der Waals surface area (Å²) in [6.45, 7) is 4.91. The second-order valence-electron chi connectivity index (χ2n) is 11.5. The van der Waals surface area contributed by atoms with Crippen LogP contribution in [0.15, 0.2) is 0 Å². The topological polar surface area (TPSA) is 86.6 Å². The first kappa shape index (κ1) is 23.6.